The van der Waals surface area contributed by atoms with Gasteiger partial charge in [0.05, 0.1) is 11.9 Å². The van der Waals surface area contributed by atoms with Crippen LogP contribution in [-0.4, -0.2) is 30.6 Å². The molecular formula is C10H17Cl2N3O2. The molecule has 0 saturated carbocycles. The fourth-order valence-corrected chi connectivity index (χ4v) is 1.16. The number of hydrogen-bond acceptors (Lipinski definition) is 4. The Hall–Kier alpha value is -0.880. The molecule has 0 fully saturated rings. The Morgan fingerprint density at radius 2 is 2.18 bits per heavy atom. The molecule has 98 valence electrons. The Labute approximate surface area is 113 Å². The Balaban J connectivity index is 0. The summed E-state index contributed by atoms with van der Waals surface area (Å²) >= 11 is 0. The monoisotopic (exact) mass is 281 g/mol. The van der Waals surface area contributed by atoms with Gasteiger partial charge < -0.3 is 15.8 Å². The molecule has 0 aliphatic heterocycles. The van der Waals surface area contributed by atoms with Crippen molar-refractivity contribution in [3.8, 4) is 0 Å². The van der Waals surface area contributed by atoms with Crippen LogP contribution < -0.4 is 11.1 Å². The third-order valence-electron chi connectivity index (χ3n) is 1.93. The van der Waals surface area contributed by atoms with Gasteiger partial charge in [-0.05, 0) is 18.6 Å². The molecule has 1 aromatic rings. The van der Waals surface area contributed by atoms with Crippen molar-refractivity contribution >= 4 is 36.4 Å². The van der Waals surface area contributed by atoms with Gasteiger partial charge in [0, 0.05) is 19.9 Å². The molecule has 17 heavy (non-hydrogen) atoms. The van der Waals surface area contributed by atoms with Crippen LogP contribution in [-0.2, 0) is 9.53 Å². The summed E-state index contributed by atoms with van der Waals surface area (Å²) in [6.45, 7) is 2.06. The summed E-state index contributed by atoms with van der Waals surface area (Å²) < 4.78 is 4.91. The fraction of sp³-hybridized carbons (Fsp3) is 0.400. The Bertz CT molecular complexity index is 346. The van der Waals surface area contributed by atoms with E-state index in [-0.39, 0.29) is 37.3 Å². The maximum absolute atomic E-state index is 11.5. The molecule has 0 saturated heterocycles. The molecule has 5 nitrogen and oxygen atoms in total. The van der Waals surface area contributed by atoms with E-state index >= 15 is 0 Å². The van der Waals surface area contributed by atoms with E-state index in [9.17, 15) is 4.79 Å². The smallest absolute Gasteiger partial charge is 0.254 e. The number of rotatable bonds is 4. The zero-order chi connectivity index (χ0) is 11.3. The molecule has 1 atom stereocenters. The van der Waals surface area contributed by atoms with Gasteiger partial charge in [0.2, 0.25) is 0 Å². The van der Waals surface area contributed by atoms with Crippen molar-refractivity contribution in [3.05, 3.63) is 24.0 Å². The highest BCUT2D eigenvalue weighted by molar-refractivity contribution is 5.94. The van der Waals surface area contributed by atoms with Gasteiger partial charge in [0.1, 0.15) is 6.10 Å². The lowest BCUT2D eigenvalue weighted by atomic mass is 10.2. The average molecular weight is 282 g/mol. The number of amides is 1. The number of nitrogens with two attached hydrogens (primary N) is 1. The second-order valence-corrected chi connectivity index (χ2v) is 3.20. The van der Waals surface area contributed by atoms with E-state index in [1.54, 1.807) is 12.4 Å². The molecule has 3 N–H and O–H groups in total. The first kappa shape index (κ1) is 18.5. The quantitative estimate of drug-likeness (QED) is 0.868. The number of aryl methyl sites for hydroxylation is 1. The number of carbonyl (C=O) groups is 1. The lowest BCUT2D eigenvalue weighted by Gasteiger charge is -2.12. The number of ether oxygens (including phenoxy) is 1. The topological polar surface area (TPSA) is 77.2 Å². The summed E-state index contributed by atoms with van der Waals surface area (Å²) in [5, 5.41) is 2.68. The molecule has 1 amide bonds. The number of halogens is 2. The van der Waals surface area contributed by atoms with Crippen LogP contribution in [0.4, 0.5) is 5.69 Å². The first-order chi connectivity index (χ1) is 7.17. The van der Waals surface area contributed by atoms with Gasteiger partial charge in [-0.1, -0.05) is 0 Å². The molecule has 0 aliphatic rings. The average Bonchev–Trinajstić information content (AvgIpc) is 2.19. The third kappa shape index (κ3) is 5.83. The van der Waals surface area contributed by atoms with Crippen molar-refractivity contribution in [2.45, 2.75) is 13.0 Å². The number of nitrogens with one attached hydrogen (secondary N) is 1. The largest absolute Gasteiger partial charge is 0.370 e. The maximum Gasteiger partial charge on any atom is 0.254 e. The second kappa shape index (κ2) is 9.18. The molecular weight excluding hydrogens is 265 g/mol. The zero-order valence-electron chi connectivity index (χ0n) is 9.67. The van der Waals surface area contributed by atoms with E-state index in [0.717, 1.165) is 5.56 Å². The zero-order valence-corrected chi connectivity index (χ0v) is 11.3. The van der Waals surface area contributed by atoms with Gasteiger partial charge in [0.25, 0.3) is 5.91 Å². The molecule has 0 aliphatic carbocycles. The Kier molecular flexibility index (Phi) is 9.98. The Morgan fingerprint density at radius 1 is 1.53 bits per heavy atom. The molecule has 0 radical (unpaired) electrons. The lowest BCUT2D eigenvalue weighted by Crippen LogP contribution is -2.35. The van der Waals surface area contributed by atoms with Crippen molar-refractivity contribution < 1.29 is 9.53 Å². The van der Waals surface area contributed by atoms with Crippen LogP contribution in [0.5, 0.6) is 0 Å². The number of hydrogen-bond donors (Lipinski definition) is 2. The summed E-state index contributed by atoms with van der Waals surface area (Å²) in [6.07, 6.45) is 2.67. The molecule has 1 unspecified atom stereocenters. The summed E-state index contributed by atoms with van der Waals surface area (Å²) in [7, 11) is 1.45. The predicted molar refractivity (Wildman–Crippen MR) is 72.0 cm³/mol. The van der Waals surface area contributed by atoms with Crippen molar-refractivity contribution in [2.24, 2.45) is 5.73 Å². The molecule has 7 heteroatoms. The third-order valence-corrected chi connectivity index (χ3v) is 1.93. The summed E-state index contributed by atoms with van der Waals surface area (Å²) in [5.74, 6) is -0.257. The van der Waals surface area contributed by atoms with Crippen LogP contribution in [0.2, 0.25) is 0 Å². The van der Waals surface area contributed by atoms with E-state index < -0.39 is 6.10 Å². The van der Waals surface area contributed by atoms with E-state index in [1.807, 2.05) is 13.0 Å². The highest BCUT2D eigenvalue weighted by Crippen LogP contribution is 2.07. The Morgan fingerprint density at radius 3 is 2.65 bits per heavy atom. The van der Waals surface area contributed by atoms with Crippen LogP contribution in [0.25, 0.3) is 0 Å². The van der Waals surface area contributed by atoms with Gasteiger partial charge >= 0.3 is 0 Å². The summed E-state index contributed by atoms with van der Waals surface area (Å²) in [5.41, 5.74) is 7.00. The first-order valence-corrected chi connectivity index (χ1v) is 4.62. The summed E-state index contributed by atoms with van der Waals surface area (Å²) in [6, 6.07) is 1.83. The maximum atomic E-state index is 11.5. The summed E-state index contributed by atoms with van der Waals surface area (Å²) in [4.78, 5) is 15.5. The molecule has 1 aromatic heterocycles. The number of aromatic nitrogens is 1. The highest BCUT2D eigenvalue weighted by atomic mass is 35.5. The van der Waals surface area contributed by atoms with Gasteiger partial charge in [0.15, 0.2) is 0 Å². The normalized spacial score (nSPS) is 10.8. The number of methoxy groups -OCH3 is 1. The van der Waals surface area contributed by atoms with Crippen molar-refractivity contribution in [3.63, 3.8) is 0 Å². The molecule has 0 spiro atoms. The lowest BCUT2D eigenvalue weighted by molar-refractivity contribution is -0.125. The van der Waals surface area contributed by atoms with E-state index in [4.69, 9.17) is 10.5 Å². The first-order valence-electron chi connectivity index (χ1n) is 4.62. The fourth-order valence-electron chi connectivity index (χ4n) is 1.16. The van der Waals surface area contributed by atoms with Crippen molar-refractivity contribution in [1.82, 2.24) is 4.98 Å². The molecule has 1 heterocycles. The minimum atomic E-state index is -0.620. The van der Waals surface area contributed by atoms with E-state index in [2.05, 4.69) is 10.3 Å². The SMILES string of the molecule is COC(CN)C(=O)Nc1cncc(C)c1.Cl.Cl. The standard InChI is InChI=1S/C10H15N3O2.2ClH/c1-7-3-8(6-12-5-7)13-10(14)9(4-11)15-2;;/h3,5-6,9H,4,11H2,1-2H3,(H,13,14);2*1H. The number of nitrogens with zero attached hydrogens (tertiary/aromatic N) is 1. The molecule has 1 rings (SSSR count). The van der Waals surface area contributed by atoms with E-state index in [1.165, 1.54) is 7.11 Å². The number of pyridine rings is 1. The predicted octanol–water partition coefficient (Wildman–Crippen LogP) is 1.15. The van der Waals surface area contributed by atoms with Crippen molar-refractivity contribution in [2.75, 3.05) is 19.0 Å². The van der Waals surface area contributed by atoms with Gasteiger partial charge in [-0.25, -0.2) is 0 Å². The van der Waals surface area contributed by atoms with Gasteiger partial charge in [-0.3, -0.25) is 9.78 Å². The molecule has 0 bridgehead atoms. The number of carbonyl (C=O) groups excluding carboxylic acids is 1. The van der Waals surface area contributed by atoms with Crippen molar-refractivity contribution in [1.29, 1.82) is 0 Å². The van der Waals surface area contributed by atoms with Crippen LogP contribution in [0, 0.1) is 6.92 Å². The van der Waals surface area contributed by atoms with Crippen LogP contribution >= 0.6 is 24.8 Å². The minimum Gasteiger partial charge on any atom is -0.370 e. The van der Waals surface area contributed by atoms with E-state index in [0.29, 0.717) is 5.69 Å². The number of anilines is 1. The van der Waals surface area contributed by atoms with Gasteiger partial charge in [-0.15, -0.1) is 24.8 Å². The highest BCUT2D eigenvalue weighted by Gasteiger charge is 2.15. The molecule has 0 aromatic carbocycles. The van der Waals surface area contributed by atoms with Crippen LogP contribution in [0.15, 0.2) is 18.5 Å². The second-order valence-electron chi connectivity index (χ2n) is 3.20. The van der Waals surface area contributed by atoms with Crippen LogP contribution in [0.1, 0.15) is 5.56 Å². The minimum absolute atomic E-state index is 0. The van der Waals surface area contributed by atoms with Gasteiger partial charge in [-0.2, -0.15) is 0 Å². The van der Waals surface area contributed by atoms with Crippen LogP contribution in [0.3, 0.4) is 0 Å².